The van der Waals surface area contributed by atoms with Crippen molar-refractivity contribution >= 4 is 28.6 Å². The highest BCUT2D eigenvalue weighted by molar-refractivity contribution is 7.99. The number of furan rings is 1. The molecule has 0 aliphatic heterocycles. The maximum Gasteiger partial charge on any atom is 0.231 e. The highest BCUT2D eigenvalue weighted by Gasteiger charge is 2.31. The third-order valence-corrected chi connectivity index (χ3v) is 6.03. The highest BCUT2D eigenvalue weighted by Crippen LogP contribution is 2.42. The molecule has 29 heavy (non-hydrogen) atoms. The van der Waals surface area contributed by atoms with Crippen LogP contribution < -0.4 is 5.32 Å². The number of hydrogen-bond acceptors (Lipinski definition) is 5. The molecule has 0 bridgehead atoms. The maximum absolute atomic E-state index is 12.4. The van der Waals surface area contributed by atoms with Crippen molar-refractivity contribution in [1.29, 1.82) is 0 Å². The van der Waals surface area contributed by atoms with Crippen molar-refractivity contribution < 1.29 is 9.21 Å². The van der Waals surface area contributed by atoms with Crippen molar-refractivity contribution in [1.82, 2.24) is 25.1 Å². The number of carbonyl (C=O) groups excluding carboxylic acids is 1. The van der Waals surface area contributed by atoms with E-state index in [9.17, 15) is 4.79 Å². The number of fused-ring (bicyclic) bond motifs is 1. The third-order valence-electron chi connectivity index (χ3n) is 5.09. The Kier molecular flexibility index (Phi) is 4.63. The van der Waals surface area contributed by atoms with Gasteiger partial charge in [0.15, 0.2) is 11.0 Å². The Labute approximate surface area is 171 Å². The van der Waals surface area contributed by atoms with E-state index in [2.05, 4.69) is 37.2 Å². The minimum absolute atomic E-state index is 0.0575. The lowest BCUT2D eigenvalue weighted by atomic mass is 10.1. The summed E-state index contributed by atoms with van der Waals surface area (Å²) >= 11 is 1.42. The number of aromatic nitrogens is 4. The third kappa shape index (κ3) is 3.55. The van der Waals surface area contributed by atoms with E-state index in [1.54, 1.807) is 6.26 Å². The maximum atomic E-state index is 12.4. The zero-order valence-corrected chi connectivity index (χ0v) is 16.8. The number of carbonyl (C=O) groups is 1. The molecule has 2 N–H and O–H groups in total. The Bertz CT molecular complexity index is 1140. The lowest BCUT2D eigenvalue weighted by Gasteiger charge is -2.11. The Morgan fingerprint density at radius 3 is 2.97 bits per heavy atom. The molecular formula is C21H21N5O2S. The molecule has 0 saturated heterocycles. The average molecular weight is 407 g/mol. The predicted molar refractivity (Wildman–Crippen MR) is 112 cm³/mol. The number of H-pyrrole nitrogens is 1. The van der Waals surface area contributed by atoms with E-state index >= 15 is 0 Å². The van der Waals surface area contributed by atoms with Gasteiger partial charge in [0, 0.05) is 28.7 Å². The van der Waals surface area contributed by atoms with Gasteiger partial charge in [-0.3, -0.25) is 9.36 Å². The van der Waals surface area contributed by atoms with E-state index in [-0.39, 0.29) is 17.7 Å². The van der Waals surface area contributed by atoms with E-state index in [1.807, 2.05) is 37.4 Å². The molecule has 7 nitrogen and oxygen atoms in total. The van der Waals surface area contributed by atoms with Crippen molar-refractivity contribution in [2.24, 2.45) is 0 Å². The van der Waals surface area contributed by atoms with Gasteiger partial charge >= 0.3 is 0 Å². The van der Waals surface area contributed by atoms with E-state index in [1.165, 1.54) is 11.8 Å². The molecule has 0 unspecified atom stereocenters. The second kappa shape index (κ2) is 7.44. The molecule has 1 fully saturated rings. The van der Waals surface area contributed by atoms with Crippen LogP contribution in [0.5, 0.6) is 0 Å². The topological polar surface area (TPSA) is 88.7 Å². The van der Waals surface area contributed by atoms with Crippen LogP contribution in [0.1, 0.15) is 37.6 Å². The summed E-state index contributed by atoms with van der Waals surface area (Å²) in [6.45, 7) is 1.91. The summed E-state index contributed by atoms with van der Waals surface area (Å²) in [4.78, 5) is 15.7. The smallest absolute Gasteiger partial charge is 0.231 e. The quantitative estimate of drug-likeness (QED) is 0.445. The molecule has 0 radical (unpaired) electrons. The second-order valence-electron chi connectivity index (χ2n) is 7.25. The number of para-hydroxylation sites is 1. The van der Waals surface area contributed by atoms with Crippen LogP contribution in [-0.4, -0.2) is 31.4 Å². The molecule has 1 amide bonds. The van der Waals surface area contributed by atoms with Gasteiger partial charge in [0.05, 0.1) is 18.1 Å². The number of amides is 1. The lowest BCUT2D eigenvalue weighted by Crippen LogP contribution is -2.28. The monoisotopic (exact) mass is 407 g/mol. The Morgan fingerprint density at radius 2 is 2.17 bits per heavy atom. The molecule has 8 heteroatoms. The van der Waals surface area contributed by atoms with Crippen LogP contribution in [-0.2, 0) is 4.79 Å². The van der Waals surface area contributed by atoms with Crippen LogP contribution in [0.2, 0.25) is 0 Å². The van der Waals surface area contributed by atoms with Crippen LogP contribution in [0.3, 0.4) is 0 Å². The molecule has 1 aromatic carbocycles. The van der Waals surface area contributed by atoms with Gasteiger partial charge in [0.2, 0.25) is 5.91 Å². The van der Waals surface area contributed by atoms with Crippen molar-refractivity contribution in [3.05, 3.63) is 54.6 Å². The zero-order valence-electron chi connectivity index (χ0n) is 16.0. The molecule has 148 valence electrons. The molecular weight excluding hydrogens is 386 g/mol. The van der Waals surface area contributed by atoms with Gasteiger partial charge in [-0.25, -0.2) is 0 Å². The fourth-order valence-electron chi connectivity index (χ4n) is 3.50. The first-order valence-electron chi connectivity index (χ1n) is 9.67. The predicted octanol–water partition coefficient (Wildman–Crippen LogP) is 4.32. The molecule has 1 saturated carbocycles. The summed E-state index contributed by atoms with van der Waals surface area (Å²) in [5, 5.41) is 13.8. The summed E-state index contributed by atoms with van der Waals surface area (Å²) in [7, 11) is 0. The van der Waals surface area contributed by atoms with Gasteiger partial charge < -0.3 is 14.7 Å². The van der Waals surface area contributed by atoms with E-state index < -0.39 is 0 Å². The summed E-state index contributed by atoms with van der Waals surface area (Å²) in [5.74, 6) is 1.82. The van der Waals surface area contributed by atoms with Crippen molar-refractivity contribution in [3.8, 4) is 11.4 Å². The number of thioether (sulfide) groups is 1. The van der Waals surface area contributed by atoms with E-state index in [0.29, 0.717) is 6.04 Å². The molecule has 3 aromatic heterocycles. The van der Waals surface area contributed by atoms with Crippen molar-refractivity contribution in [2.45, 2.75) is 37.0 Å². The summed E-state index contributed by atoms with van der Waals surface area (Å²) in [6, 6.07) is 12.1. The molecule has 0 spiro atoms. The van der Waals surface area contributed by atoms with Gasteiger partial charge in [-0.05, 0) is 38.0 Å². The van der Waals surface area contributed by atoms with Crippen LogP contribution in [0.15, 0.2) is 58.4 Å². The van der Waals surface area contributed by atoms with Crippen molar-refractivity contribution in [2.75, 3.05) is 5.75 Å². The number of nitrogens with one attached hydrogen (secondary N) is 2. The fraction of sp³-hybridized carbons (Fsp3) is 0.286. The molecule has 3 heterocycles. The number of benzene rings is 1. The zero-order chi connectivity index (χ0) is 19.8. The Hall–Kier alpha value is -3.00. The first kappa shape index (κ1) is 18.1. The highest BCUT2D eigenvalue weighted by atomic mass is 32.2. The van der Waals surface area contributed by atoms with Crippen LogP contribution >= 0.6 is 11.8 Å². The van der Waals surface area contributed by atoms with Crippen LogP contribution in [0.4, 0.5) is 0 Å². The van der Waals surface area contributed by atoms with E-state index in [0.717, 1.165) is 46.0 Å². The Balaban J connectivity index is 1.34. The SMILES string of the molecule is C[C@H](NC(=O)CSc1nnc(-c2c[nH]c3ccccc23)n1C1CC1)c1ccco1. The summed E-state index contributed by atoms with van der Waals surface area (Å²) in [6.07, 6.45) is 5.82. The first-order valence-corrected chi connectivity index (χ1v) is 10.7. The standard InChI is InChI=1S/C21H21N5O2S/c1-13(18-7-4-10-28-18)23-19(27)12-29-21-25-24-20(26(21)14-8-9-14)16-11-22-17-6-3-2-5-15(16)17/h2-7,10-11,13-14,22H,8-9,12H2,1H3,(H,23,27)/t13-/m0/s1. The Morgan fingerprint density at radius 1 is 1.31 bits per heavy atom. The average Bonchev–Trinajstić information content (AvgIpc) is 3.14. The minimum atomic E-state index is -0.166. The summed E-state index contributed by atoms with van der Waals surface area (Å²) < 4.78 is 7.53. The minimum Gasteiger partial charge on any atom is -0.467 e. The number of rotatable bonds is 7. The summed E-state index contributed by atoms with van der Waals surface area (Å²) in [5.41, 5.74) is 2.12. The van der Waals surface area contributed by atoms with Gasteiger partial charge in [-0.15, -0.1) is 10.2 Å². The first-order chi connectivity index (χ1) is 14.2. The molecule has 1 aliphatic carbocycles. The molecule has 5 rings (SSSR count). The normalized spacial score (nSPS) is 14.9. The largest absolute Gasteiger partial charge is 0.467 e. The van der Waals surface area contributed by atoms with Gasteiger partial charge in [0.25, 0.3) is 0 Å². The van der Waals surface area contributed by atoms with Crippen LogP contribution in [0.25, 0.3) is 22.3 Å². The number of aromatic amines is 1. The molecule has 4 aromatic rings. The lowest BCUT2D eigenvalue weighted by molar-refractivity contribution is -0.119. The van der Waals surface area contributed by atoms with Crippen molar-refractivity contribution in [3.63, 3.8) is 0 Å². The van der Waals surface area contributed by atoms with Gasteiger partial charge in [-0.2, -0.15) is 0 Å². The van der Waals surface area contributed by atoms with Crippen LogP contribution in [0, 0.1) is 0 Å². The van der Waals surface area contributed by atoms with Gasteiger partial charge in [0.1, 0.15) is 5.76 Å². The number of hydrogen-bond donors (Lipinski definition) is 2. The number of nitrogens with zero attached hydrogens (tertiary/aromatic N) is 3. The molecule has 1 aliphatic rings. The fourth-order valence-corrected chi connectivity index (χ4v) is 4.32. The van der Waals surface area contributed by atoms with E-state index in [4.69, 9.17) is 4.42 Å². The second-order valence-corrected chi connectivity index (χ2v) is 8.19. The van der Waals surface area contributed by atoms with Gasteiger partial charge in [-0.1, -0.05) is 30.0 Å². The molecule has 1 atom stereocenters.